The summed E-state index contributed by atoms with van der Waals surface area (Å²) < 4.78 is 0. The molecule has 2 aliphatic rings. The molecule has 3 rings (SSSR count). The van der Waals surface area contributed by atoms with Crippen molar-refractivity contribution in [3.05, 3.63) is 35.4 Å². The molecule has 0 bridgehead atoms. The van der Waals surface area contributed by atoms with Crippen LogP contribution < -0.4 is 5.32 Å². The average molecular weight is 286 g/mol. The minimum Gasteiger partial charge on any atom is -0.306 e. The molecule has 2 heteroatoms. The van der Waals surface area contributed by atoms with Gasteiger partial charge in [-0.15, -0.1) is 0 Å². The Morgan fingerprint density at radius 2 is 1.90 bits per heavy atom. The number of nitrogens with zero attached hydrogens (tertiary/aromatic N) is 1. The topological polar surface area (TPSA) is 15.3 Å². The zero-order valence-electron chi connectivity index (χ0n) is 13.9. The van der Waals surface area contributed by atoms with E-state index in [-0.39, 0.29) is 0 Å². The predicted molar refractivity (Wildman–Crippen MR) is 89.6 cm³/mol. The fourth-order valence-corrected chi connectivity index (χ4v) is 4.17. The third-order valence-corrected chi connectivity index (χ3v) is 5.23. The molecule has 1 N–H and O–H groups in total. The van der Waals surface area contributed by atoms with Crippen LogP contribution in [0.3, 0.4) is 0 Å². The van der Waals surface area contributed by atoms with E-state index in [2.05, 4.69) is 55.3 Å². The zero-order chi connectivity index (χ0) is 14.9. The predicted octanol–water partition coefficient (Wildman–Crippen LogP) is 3.77. The monoisotopic (exact) mass is 286 g/mol. The fraction of sp³-hybridized carbons (Fsp3) is 0.684. The lowest BCUT2D eigenvalue weighted by molar-refractivity contribution is 0.184. The normalized spacial score (nSPS) is 26.5. The van der Waals surface area contributed by atoms with Gasteiger partial charge in [0.1, 0.15) is 0 Å². The van der Waals surface area contributed by atoms with Crippen molar-refractivity contribution in [3.63, 3.8) is 0 Å². The van der Waals surface area contributed by atoms with Crippen LogP contribution in [0.15, 0.2) is 24.3 Å². The molecule has 1 aliphatic heterocycles. The molecule has 1 aromatic rings. The van der Waals surface area contributed by atoms with Crippen LogP contribution >= 0.6 is 0 Å². The molecule has 1 aliphatic carbocycles. The first-order chi connectivity index (χ1) is 10.1. The summed E-state index contributed by atoms with van der Waals surface area (Å²) in [5.74, 6) is 0. The minimum absolute atomic E-state index is 0.319. The molecule has 2 nitrogen and oxygen atoms in total. The van der Waals surface area contributed by atoms with Crippen LogP contribution in [0.5, 0.6) is 0 Å². The first-order valence-electron chi connectivity index (χ1n) is 8.62. The van der Waals surface area contributed by atoms with Crippen molar-refractivity contribution in [2.45, 2.75) is 58.5 Å². The standard InChI is InChI=1S/C19H30N2/c1-15(14-21-11-7-4-8-12-21)20-18-17-10-6-5-9-16(17)13-19(18,2)3/h5-6,9-10,15,18,20H,4,7-8,11-14H2,1-3H3. The third-order valence-electron chi connectivity index (χ3n) is 5.23. The first kappa shape index (κ1) is 15.1. The molecule has 2 atom stereocenters. The Balaban J connectivity index is 1.65. The maximum Gasteiger partial charge on any atom is 0.0380 e. The number of nitrogens with one attached hydrogen (secondary N) is 1. The van der Waals surface area contributed by atoms with Gasteiger partial charge < -0.3 is 10.2 Å². The highest BCUT2D eigenvalue weighted by Crippen LogP contribution is 2.45. The van der Waals surface area contributed by atoms with Gasteiger partial charge in [0, 0.05) is 18.6 Å². The second-order valence-electron chi connectivity index (χ2n) is 7.73. The fourth-order valence-electron chi connectivity index (χ4n) is 4.17. The van der Waals surface area contributed by atoms with Gasteiger partial charge in [0.05, 0.1) is 0 Å². The summed E-state index contributed by atoms with van der Waals surface area (Å²) in [5, 5.41) is 3.93. The van der Waals surface area contributed by atoms with Crippen LogP contribution in [-0.2, 0) is 6.42 Å². The minimum atomic E-state index is 0.319. The molecule has 1 saturated heterocycles. The number of rotatable bonds is 4. The Labute approximate surface area is 129 Å². The SMILES string of the molecule is CC(CN1CCCCC1)NC1c2ccccc2CC1(C)C. The highest BCUT2D eigenvalue weighted by atomic mass is 15.2. The number of hydrogen-bond donors (Lipinski definition) is 1. The van der Waals surface area contributed by atoms with E-state index in [9.17, 15) is 0 Å². The Morgan fingerprint density at radius 1 is 1.19 bits per heavy atom. The number of hydrogen-bond acceptors (Lipinski definition) is 2. The molecule has 116 valence electrons. The second-order valence-corrected chi connectivity index (χ2v) is 7.73. The molecule has 1 heterocycles. The molecule has 2 unspecified atom stereocenters. The van der Waals surface area contributed by atoms with E-state index >= 15 is 0 Å². The summed E-state index contributed by atoms with van der Waals surface area (Å²) >= 11 is 0. The molecule has 1 aromatic carbocycles. The van der Waals surface area contributed by atoms with Gasteiger partial charge >= 0.3 is 0 Å². The molecular weight excluding hydrogens is 256 g/mol. The Kier molecular flexibility index (Phi) is 4.37. The molecule has 0 aromatic heterocycles. The highest BCUT2D eigenvalue weighted by Gasteiger charge is 2.39. The van der Waals surface area contributed by atoms with E-state index in [0.717, 1.165) is 0 Å². The summed E-state index contributed by atoms with van der Waals surface area (Å²) in [7, 11) is 0. The van der Waals surface area contributed by atoms with Gasteiger partial charge in [-0.05, 0) is 55.8 Å². The van der Waals surface area contributed by atoms with Crippen molar-refractivity contribution in [1.29, 1.82) is 0 Å². The van der Waals surface area contributed by atoms with Gasteiger partial charge in [-0.3, -0.25) is 0 Å². The van der Waals surface area contributed by atoms with Crippen molar-refractivity contribution < 1.29 is 0 Å². The van der Waals surface area contributed by atoms with Crippen LogP contribution in [-0.4, -0.2) is 30.6 Å². The molecule has 0 amide bonds. The van der Waals surface area contributed by atoms with Crippen molar-refractivity contribution >= 4 is 0 Å². The lowest BCUT2D eigenvalue weighted by Gasteiger charge is -2.35. The maximum atomic E-state index is 3.93. The quantitative estimate of drug-likeness (QED) is 0.906. The van der Waals surface area contributed by atoms with Crippen molar-refractivity contribution in [2.75, 3.05) is 19.6 Å². The van der Waals surface area contributed by atoms with Crippen LogP contribution in [0.25, 0.3) is 0 Å². The van der Waals surface area contributed by atoms with E-state index in [0.29, 0.717) is 17.5 Å². The Bertz CT molecular complexity index is 474. The van der Waals surface area contributed by atoms with Crippen LogP contribution in [0, 0.1) is 5.41 Å². The zero-order valence-corrected chi connectivity index (χ0v) is 13.9. The summed E-state index contributed by atoms with van der Waals surface area (Å²) in [6.07, 6.45) is 5.37. The third kappa shape index (κ3) is 3.32. The largest absolute Gasteiger partial charge is 0.306 e. The second kappa shape index (κ2) is 6.10. The molecule has 0 saturated carbocycles. The lowest BCUT2D eigenvalue weighted by atomic mass is 9.85. The van der Waals surface area contributed by atoms with E-state index in [1.807, 2.05) is 0 Å². The summed E-state index contributed by atoms with van der Waals surface area (Å²) in [5.41, 5.74) is 3.37. The number of likely N-dealkylation sites (tertiary alicyclic amines) is 1. The number of piperidine rings is 1. The van der Waals surface area contributed by atoms with Crippen molar-refractivity contribution in [2.24, 2.45) is 5.41 Å². The highest BCUT2D eigenvalue weighted by molar-refractivity contribution is 5.37. The van der Waals surface area contributed by atoms with Gasteiger partial charge in [0.25, 0.3) is 0 Å². The van der Waals surface area contributed by atoms with Crippen LogP contribution in [0.1, 0.15) is 57.2 Å². The van der Waals surface area contributed by atoms with Gasteiger partial charge in [0.15, 0.2) is 0 Å². The van der Waals surface area contributed by atoms with Gasteiger partial charge in [-0.25, -0.2) is 0 Å². The molecular formula is C19H30N2. The smallest absolute Gasteiger partial charge is 0.0380 e. The summed E-state index contributed by atoms with van der Waals surface area (Å²) in [6.45, 7) is 10.9. The number of fused-ring (bicyclic) bond motifs is 1. The summed E-state index contributed by atoms with van der Waals surface area (Å²) in [4.78, 5) is 2.63. The van der Waals surface area contributed by atoms with Gasteiger partial charge in [0.2, 0.25) is 0 Å². The van der Waals surface area contributed by atoms with E-state index in [4.69, 9.17) is 0 Å². The molecule has 21 heavy (non-hydrogen) atoms. The summed E-state index contributed by atoms with van der Waals surface area (Å²) in [6, 6.07) is 10.0. The molecule has 0 radical (unpaired) electrons. The van der Waals surface area contributed by atoms with Crippen molar-refractivity contribution in [3.8, 4) is 0 Å². The van der Waals surface area contributed by atoms with Crippen LogP contribution in [0.4, 0.5) is 0 Å². The van der Waals surface area contributed by atoms with E-state index < -0.39 is 0 Å². The molecule has 0 spiro atoms. The average Bonchev–Trinajstić information content (AvgIpc) is 2.71. The maximum absolute atomic E-state index is 3.93. The van der Waals surface area contributed by atoms with Crippen LogP contribution in [0.2, 0.25) is 0 Å². The Hall–Kier alpha value is -0.860. The van der Waals surface area contributed by atoms with Crippen molar-refractivity contribution in [1.82, 2.24) is 10.2 Å². The van der Waals surface area contributed by atoms with E-state index in [1.54, 1.807) is 0 Å². The number of benzene rings is 1. The first-order valence-corrected chi connectivity index (χ1v) is 8.62. The Morgan fingerprint density at radius 3 is 2.67 bits per heavy atom. The molecule has 1 fully saturated rings. The van der Waals surface area contributed by atoms with E-state index in [1.165, 1.54) is 56.4 Å². The lowest BCUT2D eigenvalue weighted by Crippen LogP contribution is -2.45. The van der Waals surface area contributed by atoms with Gasteiger partial charge in [-0.2, -0.15) is 0 Å². The van der Waals surface area contributed by atoms with Gasteiger partial charge in [-0.1, -0.05) is 44.5 Å².